The summed E-state index contributed by atoms with van der Waals surface area (Å²) < 4.78 is 0. The van der Waals surface area contributed by atoms with E-state index in [1.807, 2.05) is 6.08 Å². The first-order chi connectivity index (χ1) is 12.8. The molecule has 2 aromatic rings. The normalized spacial score (nSPS) is 11.1. The smallest absolute Gasteiger partial charge is 0.0403 e. The summed E-state index contributed by atoms with van der Waals surface area (Å²) in [5, 5.41) is 3.54. The van der Waals surface area contributed by atoms with E-state index in [4.69, 9.17) is 0 Å². The topological polar surface area (TPSA) is 15.3 Å². The van der Waals surface area contributed by atoms with Crippen LogP contribution in [0.4, 0.5) is 5.69 Å². The fourth-order valence-electron chi connectivity index (χ4n) is 2.71. The van der Waals surface area contributed by atoms with Crippen molar-refractivity contribution in [2.75, 3.05) is 18.9 Å². The van der Waals surface area contributed by atoms with E-state index >= 15 is 0 Å². The Morgan fingerprint density at radius 3 is 2.54 bits per heavy atom. The Labute approximate surface area is 177 Å². The molecule has 0 spiro atoms. The Kier molecular flexibility index (Phi) is 9.87. The molecule has 0 aliphatic rings. The number of nitrogens with zero attached hydrogens (tertiary/aromatic N) is 1. The maximum atomic E-state index is 3.54. The molecule has 2 aromatic carbocycles. The van der Waals surface area contributed by atoms with Crippen LogP contribution >= 0.6 is 12.4 Å². The minimum absolute atomic E-state index is 0. The molecule has 0 unspecified atom stereocenters. The van der Waals surface area contributed by atoms with Crippen LogP contribution in [0, 0.1) is 24.2 Å². The molecule has 0 fully saturated rings. The molecule has 0 radical (unpaired) electrons. The molecular formula is C25H33ClN2. The van der Waals surface area contributed by atoms with Crippen molar-refractivity contribution in [2.24, 2.45) is 5.41 Å². The van der Waals surface area contributed by atoms with E-state index < -0.39 is 0 Å². The number of halogens is 1. The number of allylic oxidation sites excluding steroid dienone is 1. The van der Waals surface area contributed by atoms with Gasteiger partial charge in [0.1, 0.15) is 0 Å². The lowest BCUT2D eigenvalue weighted by molar-refractivity contribution is 0.363. The first-order valence-electron chi connectivity index (χ1n) is 9.57. The van der Waals surface area contributed by atoms with Gasteiger partial charge in [-0.05, 0) is 69.6 Å². The second kappa shape index (κ2) is 11.6. The first-order valence-corrected chi connectivity index (χ1v) is 9.57. The summed E-state index contributed by atoms with van der Waals surface area (Å²) >= 11 is 0. The second-order valence-corrected chi connectivity index (χ2v) is 8.10. The third-order valence-electron chi connectivity index (χ3n) is 4.19. The van der Waals surface area contributed by atoms with E-state index in [-0.39, 0.29) is 17.8 Å². The molecule has 0 atom stereocenters. The van der Waals surface area contributed by atoms with E-state index in [1.54, 1.807) is 0 Å². The van der Waals surface area contributed by atoms with Gasteiger partial charge >= 0.3 is 0 Å². The molecule has 1 N–H and O–H groups in total. The lowest BCUT2D eigenvalue weighted by Gasteiger charge is -2.15. The first kappa shape index (κ1) is 23.8. The minimum atomic E-state index is 0. The zero-order chi connectivity index (χ0) is 19.7. The molecule has 0 saturated heterocycles. The van der Waals surface area contributed by atoms with Crippen LogP contribution in [0.2, 0.25) is 0 Å². The van der Waals surface area contributed by atoms with Crippen molar-refractivity contribution in [1.29, 1.82) is 0 Å². The second-order valence-electron chi connectivity index (χ2n) is 8.10. The van der Waals surface area contributed by atoms with Gasteiger partial charge in [-0.1, -0.05) is 54.3 Å². The van der Waals surface area contributed by atoms with Crippen LogP contribution in [0.15, 0.2) is 60.7 Å². The number of nitrogens with one attached hydrogen (secondary N) is 1. The zero-order valence-corrected chi connectivity index (χ0v) is 18.6. The number of benzene rings is 2. The van der Waals surface area contributed by atoms with E-state index in [2.05, 4.69) is 111 Å². The quantitative estimate of drug-likeness (QED) is 0.571. The van der Waals surface area contributed by atoms with Gasteiger partial charge in [0.2, 0.25) is 0 Å². The van der Waals surface area contributed by atoms with Crippen molar-refractivity contribution in [3.8, 4) is 11.8 Å². The SMILES string of the molecule is Cc1ccccc1CNc1cccc(CN(C)CC=CC#CC(C)(C)C)c1.Cl. The van der Waals surface area contributed by atoms with Gasteiger partial charge in [-0.15, -0.1) is 12.4 Å². The number of rotatable bonds is 7. The lowest BCUT2D eigenvalue weighted by Crippen LogP contribution is -2.17. The van der Waals surface area contributed by atoms with Gasteiger partial charge in [0, 0.05) is 30.7 Å². The summed E-state index contributed by atoms with van der Waals surface area (Å²) in [6.45, 7) is 11.2. The number of hydrogen-bond donors (Lipinski definition) is 1. The van der Waals surface area contributed by atoms with E-state index in [0.717, 1.165) is 25.3 Å². The third kappa shape index (κ3) is 9.13. The van der Waals surface area contributed by atoms with Crippen LogP contribution in [0.25, 0.3) is 0 Å². The van der Waals surface area contributed by atoms with Gasteiger partial charge in [-0.2, -0.15) is 0 Å². The van der Waals surface area contributed by atoms with Crippen LogP contribution < -0.4 is 5.32 Å². The molecule has 0 aromatic heterocycles. The summed E-state index contributed by atoms with van der Waals surface area (Å²) in [5.41, 5.74) is 5.18. The van der Waals surface area contributed by atoms with Crippen molar-refractivity contribution in [1.82, 2.24) is 4.90 Å². The van der Waals surface area contributed by atoms with Gasteiger partial charge in [-0.25, -0.2) is 0 Å². The van der Waals surface area contributed by atoms with Crippen molar-refractivity contribution >= 4 is 18.1 Å². The maximum Gasteiger partial charge on any atom is 0.0403 e. The fraction of sp³-hybridized carbons (Fsp3) is 0.360. The summed E-state index contributed by atoms with van der Waals surface area (Å²) in [7, 11) is 2.13. The Balaban J connectivity index is 0.00000392. The Bertz CT molecular complexity index is 822. The standard InChI is InChI=1S/C25H32N2.ClH/c1-21-12-7-8-14-23(21)19-26-24-15-11-13-22(18-24)20-27(5)17-10-6-9-16-25(2,3)4;/h6-8,10-15,18,26H,17,19-20H2,1-5H3;1H. The molecule has 0 aliphatic carbocycles. The molecular weight excluding hydrogens is 364 g/mol. The van der Waals surface area contributed by atoms with Gasteiger partial charge < -0.3 is 5.32 Å². The lowest BCUT2D eigenvalue weighted by atomic mass is 9.98. The van der Waals surface area contributed by atoms with Gasteiger partial charge in [-0.3, -0.25) is 4.90 Å². The van der Waals surface area contributed by atoms with E-state index in [9.17, 15) is 0 Å². The van der Waals surface area contributed by atoms with Crippen molar-refractivity contribution < 1.29 is 0 Å². The number of anilines is 1. The van der Waals surface area contributed by atoms with E-state index in [1.165, 1.54) is 16.7 Å². The summed E-state index contributed by atoms with van der Waals surface area (Å²) in [6, 6.07) is 17.2. The number of hydrogen-bond acceptors (Lipinski definition) is 2. The van der Waals surface area contributed by atoms with Crippen molar-refractivity contribution in [2.45, 2.75) is 40.8 Å². The van der Waals surface area contributed by atoms with Crippen molar-refractivity contribution in [3.05, 3.63) is 77.4 Å². The number of likely N-dealkylation sites (N-methyl/N-ethyl adjacent to an activating group) is 1. The molecule has 3 heteroatoms. The molecule has 0 saturated carbocycles. The van der Waals surface area contributed by atoms with Crippen LogP contribution in [0.3, 0.4) is 0 Å². The van der Waals surface area contributed by atoms with E-state index in [0.29, 0.717) is 0 Å². The predicted molar refractivity (Wildman–Crippen MR) is 125 cm³/mol. The Hall–Kier alpha value is -2.21. The fourth-order valence-corrected chi connectivity index (χ4v) is 2.71. The van der Waals surface area contributed by atoms with Gasteiger partial charge in [0.25, 0.3) is 0 Å². The molecule has 0 heterocycles. The van der Waals surface area contributed by atoms with Crippen LogP contribution in [-0.2, 0) is 13.1 Å². The highest BCUT2D eigenvalue weighted by atomic mass is 35.5. The predicted octanol–water partition coefficient (Wildman–Crippen LogP) is 6.07. The molecule has 150 valence electrons. The van der Waals surface area contributed by atoms with Crippen LogP contribution in [0.5, 0.6) is 0 Å². The Morgan fingerprint density at radius 1 is 1.07 bits per heavy atom. The highest BCUT2D eigenvalue weighted by Gasteiger charge is 2.03. The molecule has 2 rings (SSSR count). The molecule has 28 heavy (non-hydrogen) atoms. The molecule has 0 bridgehead atoms. The highest BCUT2D eigenvalue weighted by Crippen LogP contribution is 2.15. The molecule has 0 aliphatic heterocycles. The zero-order valence-electron chi connectivity index (χ0n) is 17.8. The van der Waals surface area contributed by atoms with Crippen LogP contribution in [-0.4, -0.2) is 18.5 Å². The minimum Gasteiger partial charge on any atom is -0.381 e. The largest absolute Gasteiger partial charge is 0.381 e. The summed E-state index contributed by atoms with van der Waals surface area (Å²) in [4.78, 5) is 2.29. The average molecular weight is 397 g/mol. The van der Waals surface area contributed by atoms with Crippen LogP contribution in [0.1, 0.15) is 37.5 Å². The summed E-state index contributed by atoms with van der Waals surface area (Å²) in [6.07, 6.45) is 4.08. The van der Waals surface area contributed by atoms with Gasteiger partial charge in [0.15, 0.2) is 0 Å². The Morgan fingerprint density at radius 2 is 1.82 bits per heavy atom. The number of aryl methyl sites for hydroxylation is 1. The third-order valence-corrected chi connectivity index (χ3v) is 4.19. The summed E-state index contributed by atoms with van der Waals surface area (Å²) in [5.74, 6) is 6.34. The molecule has 0 amide bonds. The monoisotopic (exact) mass is 396 g/mol. The van der Waals surface area contributed by atoms with Gasteiger partial charge in [0.05, 0.1) is 0 Å². The average Bonchev–Trinajstić information content (AvgIpc) is 2.60. The van der Waals surface area contributed by atoms with Crippen molar-refractivity contribution in [3.63, 3.8) is 0 Å². The maximum absolute atomic E-state index is 3.54. The highest BCUT2D eigenvalue weighted by molar-refractivity contribution is 5.85. The molecule has 2 nitrogen and oxygen atoms in total.